The molecule has 0 saturated carbocycles. The van der Waals surface area contributed by atoms with E-state index in [0.29, 0.717) is 11.1 Å². The normalized spacial score (nSPS) is 11.7. The quantitative estimate of drug-likeness (QED) is 0.201. The third-order valence-corrected chi connectivity index (χ3v) is 6.65. The number of benzene rings is 3. The fraction of sp³-hybridized carbons (Fsp3) is 0.115. The van der Waals surface area contributed by atoms with E-state index in [2.05, 4.69) is 35.4 Å². The topological polar surface area (TPSA) is 26.3 Å². The van der Waals surface area contributed by atoms with Crippen molar-refractivity contribution < 1.29 is 18.3 Å². The molecule has 5 heteroatoms. The fourth-order valence-electron chi connectivity index (χ4n) is 3.11. The first-order chi connectivity index (χ1) is 14.8. The van der Waals surface area contributed by atoms with Crippen molar-refractivity contribution >= 4 is 26.5 Å². The molecule has 0 aliphatic rings. The van der Waals surface area contributed by atoms with Gasteiger partial charge in [0.2, 0.25) is 0 Å². The van der Waals surface area contributed by atoms with Gasteiger partial charge in [-0.3, -0.25) is 0 Å². The highest BCUT2D eigenvalue weighted by atomic mass is 32.2. The van der Waals surface area contributed by atoms with Crippen LogP contribution < -0.4 is 0 Å². The van der Waals surface area contributed by atoms with Gasteiger partial charge in [0, 0.05) is 33.6 Å². The van der Waals surface area contributed by atoms with E-state index in [0.717, 1.165) is 17.0 Å². The van der Waals surface area contributed by atoms with Gasteiger partial charge in [0.25, 0.3) is 0 Å². The van der Waals surface area contributed by atoms with Crippen molar-refractivity contribution in [1.82, 2.24) is 0 Å². The molecule has 0 spiro atoms. The van der Waals surface area contributed by atoms with Gasteiger partial charge in [0.15, 0.2) is 26.8 Å². The lowest BCUT2D eigenvalue weighted by Crippen LogP contribution is -2.26. The Hall–Kier alpha value is -3.49. The zero-order chi connectivity index (χ0) is 22.0. The van der Waals surface area contributed by atoms with E-state index in [9.17, 15) is 13.6 Å². The van der Waals surface area contributed by atoms with Crippen molar-refractivity contribution in [2.45, 2.75) is 19.4 Å². The van der Waals surface area contributed by atoms with Crippen LogP contribution in [0.3, 0.4) is 0 Å². The highest BCUT2D eigenvalue weighted by Crippen LogP contribution is 2.39. The van der Waals surface area contributed by atoms with Gasteiger partial charge in [-0.25, -0.2) is 13.6 Å². The second-order valence-electron chi connectivity index (χ2n) is 7.48. The molecule has 1 unspecified atom stereocenters. The Bertz CT molecular complexity index is 1340. The van der Waals surface area contributed by atoms with Crippen LogP contribution in [-0.4, -0.2) is 11.6 Å². The molecule has 2 nitrogen and oxygen atoms in total. The van der Waals surface area contributed by atoms with Gasteiger partial charge in [-0.05, 0) is 56.3 Å². The summed E-state index contributed by atoms with van der Waals surface area (Å²) in [5.74, 6) is 3.15. The van der Waals surface area contributed by atoms with Crippen LogP contribution in [0.2, 0.25) is 0 Å². The van der Waals surface area contributed by atoms with E-state index in [1.165, 1.54) is 16.2 Å². The number of carbonyl (C=O) groups excluding carboxylic acids is 1. The Morgan fingerprint density at radius 3 is 2.55 bits per heavy atom. The Balaban J connectivity index is 1.55. The number of ether oxygens (including phenoxy) is 1. The molecule has 0 amide bonds. The van der Waals surface area contributed by atoms with Gasteiger partial charge >= 0.3 is 5.97 Å². The SMILES string of the molecule is CC(C)(C#Cc1ccc(F)c(F)c1)OC(=O)c1cccc(-[s+]2ccc3ccccc32)c1. The molecular formula is C26H19F2O2S+. The Kier molecular flexibility index (Phi) is 5.58. The number of thiophene rings is 1. The predicted octanol–water partition coefficient (Wildman–Crippen LogP) is 6.84. The van der Waals surface area contributed by atoms with Crippen molar-refractivity contribution in [2.75, 3.05) is 0 Å². The van der Waals surface area contributed by atoms with Crippen molar-refractivity contribution in [3.8, 4) is 16.7 Å². The Morgan fingerprint density at radius 2 is 1.74 bits per heavy atom. The summed E-state index contributed by atoms with van der Waals surface area (Å²) < 4.78 is 33.2. The van der Waals surface area contributed by atoms with E-state index in [4.69, 9.17) is 4.74 Å². The lowest BCUT2D eigenvalue weighted by molar-refractivity contribution is 0.0204. The average molecular weight is 433 g/mol. The van der Waals surface area contributed by atoms with E-state index < -0.39 is 23.2 Å². The first-order valence-electron chi connectivity index (χ1n) is 9.64. The molecule has 1 heterocycles. The van der Waals surface area contributed by atoms with Crippen LogP contribution in [-0.2, 0) is 4.74 Å². The number of fused-ring (bicyclic) bond motifs is 1. The summed E-state index contributed by atoms with van der Waals surface area (Å²) in [5, 5.41) is 3.33. The number of rotatable bonds is 3. The summed E-state index contributed by atoms with van der Waals surface area (Å²) in [6, 6.07) is 21.1. The maximum absolute atomic E-state index is 13.4. The lowest BCUT2D eigenvalue weighted by atomic mass is 10.1. The number of hydrogen-bond acceptors (Lipinski definition) is 2. The average Bonchev–Trinajstić information content (AvgIpc) is 3.19. The third kappa shape index (κ3) is 4.65. The maximum atomic E-state index is 13.4. The molecule has 1 atom stereocenters. The first-order valence-corrected chi connectivity index (χ1v) is 10.9. The summed E-state index contributed by atoms with van der Waals surface area (Å²) in [7, 11) is -0.231. The number of esters is 1. The van der Waals surface area contributed by atoms with Gasteiger partial charge in [-0.1, -0.05) is 30.0 Å². The predicted molar refractivity (Wildman–Crippen MR) is 120 cm³/mol. The van der Waals surface area contributed by atoms with Crippen LogP contribution in [0, 0.1) is 23.5 Å². The van der Waals surface area contributed by atoms with Gasteiger partial charge in [-0.2, -0.15) is 0 Å². The molecule has 0 saturated heterocycles. The molecule has 154 valence electrons. The van der Waals surface area contributed by atoms with Crippen molar-refractivity contribution in [3.63, 3.8) is 0 Å². The Morgan fingerprint density at radius 1 is 0.935 bits per heavy atom. The van der Waals surface area contributed by atoms with Gasteiger partial charge in [-0.15, -0.1) is 0 Å². The molecule has 0 bridgehead atoms. The summed E-state index contributed by atoms with van der Waals surface area (Å²) in [4.78, 5) is 13.8. The third-order valence-electron chi connectivity index (χ3n) is 4.64. The van der Waals surface area contributed by atoms with E-state index >= 15 is 0 Å². The van der Waals surface area contributed by atoms with Crippen LogP contribution in [0.4, 0.5) is 8.78 Å². The number of halogens is 2. The summed E-state index contributed by atoms with van der Waals surface area (Å²) in [6.45, 7) is 3.30. The van der Waals surface area contributed by atoms with Crippen LogP contribution in [0.25, 0.3) is 15.0 Å². The van der Waals surface area contributed by atoms with Gasteiger partial charge < -0.3 is 4.74 Å². The lowest BCUT2D eigenvalue weighted by Gasteiger charge is -2.18. The highest BCUT2D eigenvalue weighted by molar-refractivity contribution is 7.43. The minimum atomic E-state index is -1.11. The molecule has 3 aromatic carbocycles. The zero-order valence-electron chi connectivity index (χ0n) is 17.0. The number of hydrogen-bond donors (Lipinski definition) is 0. The molecule has 31 heavy (non-hydrogen) atoms. The van der Waals surface area contributed by atoms with Gasteiger partial charge in [0.1, 0.15) is 5.38 Å². The molecule has 4 rings (SSSR count). The molecular weight excluding hydrogens is 414 g/mol. The first kappa shape index (κ1) is 20.8. The van der Waals surface area contributed by atoms with Gasteiger partial charge in [0.05, 0.1) is 5.56 Å². The molecule has 0 radical (unpaired) electrons. The molecule has 0 aliphatic heterocycles. The summed E-state index contributed by atoms with van der Waals surface area (Å²) >= 11 is 0. The van der Waals surface area contributed by atoms with Crippen LogP contribution in [0.5, 0.6) is 0 Å². The second kappa shape index (κ2) is 8.33. The highest BCUT2D eigenvalue weighted by Gasteiger charge is 2.23. The fourth-order valence-corrected chi connectivity index (χ4v) is 5.05. The largest absolute Gasteiger partial charge is 0.443 e. The smallest absolute Gasteiger partial charge is 0.339 e. The maximum Gasteiger partial charge on any atom is 0.339 e. The van der Waals surface area contributed by atoms with Crippen LogP contribution in [0.1, 0.15) is 29.8 Å². The van der Waals surface area contributed by atoms with Crippen molar-refractivity contribution in [2.24, 2.45) is 0 Å². The van der Waals surface area contributed by atoms with Crippen molar-refractivity contribution in [1.29, 1.82) is 0 Å². The molecule has 1 aromatic heterocycles. The van der Waals surface area contributed by atoms with Crippen LogP contribution in [0.15, 0.2) is 78.2 Å². The minimum absolute atomic E-state index is 0.231. The monoisotopic (exact) mass is 433 g/mol. The minimum Gasteiger partial charge on any atom is -0.443 e. The standard InChI is InChI=1S/C26H19F2O2S/c1-26(2,14-12-18-10-11-22(27)23(28)16-18)30-25(29)20-7-5-8-21(17-20)31-15-13-19-6-3-4-9-24(19)31/h3-11,13,15-17H,1-2H3/q+1. The van der Waals surface area contributed by atoms with Crippen molar-refractivity contribution in [3.05, 3.63) is 101 Å². The molecule has 0 N–H and O–H groups in total. The molecule has 0 fully saturated rings. The van der Waals surface area contributed by atoms with Crippen LogP contribution >= 0.6 is 10.5 Å². The zero-order valence-corrected chi connectivity index (χ0v) is 17.8. The van der Waals surface area contributed by atoms with E-state index in [1.54, 1.807) is 19.9 Å². The summed E-state index contributed by atoms with van der Waals surface area (Å²) in [5.41, 5.74) is -0.372. The second-order valence-corrected chi connectivity index (χ2v) is 9.34. The number of carbonyl (C=O) groups is 1. The Labute approximate surface area is 182 Å². The van der Waals surface area contributed by atoms with E-state index in [-0.39, 0.29) is 10.5 Å². The summed E-state index contributed by atoms with van der Waals surface area (Å²) in [6.07, 6.45) is 0. The molecule has 4 aromatic rings. The van der Waals surface area contributed by atoms with E-state index in [1.807, 2.05) is 30.3 Å². The molecule has 0 aliphatic carbocycles.